The van der Waals surface area contributed by atoms with E-state index in [0.717, 1.165) is 31.2 Å². The average molecular weight is 390 g/mol. The van der Waals surface area contributed by atoms with Crippen LogP contribution in [0, 0.1) is 0 Å². The van der Waals surface area contributed by atoms with Crippen molar-refractivity contribution in [1.82, 2.24) is 9.62 Å². The lowest BCUT2D eigenvalue weighted by Crippen LogP contribution is -2.27. The quantitative estimate of drug-likeness (QED) is 0.658. The molecule has 1 fully saturated rings. The summed E-state index contributed by atoms with van der Waals surface area (Å²) in [6.45, 7) is 9.53. The van der Waals surface area contributed by atoms with E-state index < -0.39 is 0 Å². The van der Waals surface area contributed by atoms with E-state index in [0.29, 0.717) is 0 Å². The fraction of sp³-hybridized carbons (Fsp3) is 0.292. The third kappa shape index (κ3) is 4.50. The predicted octanol–water partition coefficient (Wildman–Crippen LogP) is 5.77. The molecule has 0 bridgehead atoms. The van der Waals surface area contributed by atoms with Crippen molar-refractivity contribution in [2.24, 2.45) is 4.99 Å². The highest BCUT2D eigenvalue weighted by molar-refractivity contribution is 7.98. The Hall–Kier alpha value is -2.46. The molecule has 1 saturated heterocycles. The maximum absolute atomic E-state index is 4.44. The van der Waals surface area contributed by atoms with Gasteiger partial charge < -0.3 is 9.62 Å². The van der Waals surface area contributed by atoms with Crippen LogP contribution in [-0.4, -0.2) is 30.4 Å². The Bertz CT molecular complexity index is 906. The van der Waals surface area contributed by atoms with Crippen LogP contribution in [0.4, 0.5) is 0 Å². The van der Waals surface area contributed by atoms with Crippen molar-refractivity contribution in [2.45, 2.75) is 31.1 Å². The second-order valence-electron chi connectivity index (χ2n) is 7.50. The molecule has 0 aliphatic carbocycles. The number of benzene rings is 2. The predicted molar refractivity (Wildman–Crippen MR) is 121 cm³/mol. The fourth-order valence-electron chi connectivity index (χ4n) is 3.65. The van der Waals surface area contributed by atoms with E-state index in [1.54, 1.807) is 11.9 Å². The van der Waals surface area contributed by atoms with Gasteiger partial charge in [0.2, 0.25) is 0 Å². The molecule has 2 aromatic carbocycles. The Balaban J connectivity index is 1.43. The average Bonchev–Trinajstić information content (AvgIpc) is 3.18. The number of nitrogens with one attached hydrogen (secondary N) is 1. The van der Waals surface area contributed by atoms with Gasteiger partial charge in [0, 0.05) is 23.7 Å². The lowest BCUT2D eigenvalue weighted by atomic mass is 10.0. The van der Waals surface area contributed by atoms with Gasteiger partial charge in [-0.1, -0.05) is 36.9 Å². The summed E-state index contributed by atoms with van der Waals surface area (Å²) in [5.41, 5.74) is 6.13. The summed E-state index contributed by atoms with van der Waals surface area (Å²) in [6, 6.07) is 17.4. The number of nitrogens with zero attached hydrogens (tertiary/aromatic N) is 2. The second kappa shape index (κ2) is 8.70. The zero-order chi connectivity index (χ0) is 19.3. The first kappa shape index (κ1) is 18.9. The van der Waals surface area contributed by atoms with Gasteiger partial charge in [-0.3, -0.25) is 4.99 Å². The van der Waals surface area contributed by atoms with Gasteiger partial charge in [-0.15, -0.1) is 0 Å². The maximum atomic E-state index is 4.44. The van der Waals surface area contributed by atoms with E-state index in [9.17, 15) is 0 Å². The summed E-state index contributed by atoms with van der Waals surface area (Å²) in [6.07, 6.45) is 5.98. The maximum Gasteiger partial charge on any atom is 0.131 e. The number of hydrogen-bond acceptors (Lipinski definition) is 4. The van der Waals surface area contributed by atoms with Crippen LogP contribution in [-0.2, 0) is 0 Å². The Morgan fingerprint density at radius 2 is 1.82 bits per heavy atom. The number of likely N-dealkylation sites (tertiary alicyclic amines) is 1. The highest BCUT2D eigenvalue weighted by Gasteiger charge is 2.13. The molecule has 2 heterocycles. The van der Waals surface area contributed by atoms with E-state index in [2.05, 4.69) is 82.7 Å². The first-order chi connectivity index (χ1) is 13.7. The van der Waals surface area contributed by atoms with Crippen LogP contribution in [0.2, 0.25) is 0 Å². The third-order valence-electron chi connectivity index (χ3n) is 5.28. The zero-order valence-corrected chi connectivity index (χ0v) is 17.3. The van der Waals surface area contributed by atoms with Crippen molar-refractivity contribution in [3.05, 3.63) is 72.3 Å². The molecule has 2 aliphatic heterocycles. The van der Waals surface area contributed by atoms with Gasteiger partial charge in [0.15, 0.2) is 0 Å². The molecule has 0 spiro atoms. The van der Waals surface area contributed by atoms with Crippen molar-refractivity contribution in [3.63, 3.8) is 0 Å². The molecule has 0 unspecified atom stereocenters. The van der Waals surface area contributed by atoms with E-state index >= 15 is 0 Å². The van der Waals surface area contributed by atoms with Gasteiger partial charge in [-0.05, 0) is 84.7 Å². The topological polar surface area (TPSA) is 27.6 Å². The summed E-state index contributed by atoms with van der Waals surface area (Å²) < 4.78 is 3.32. The summed E-state index contributed by atoms with van der Waals surface area (Å²) in [4.78, 5) is 8.05. The molecule has 28 heavy (non-hydrogen) atoms. The molecule has 0 amide bonds. The summed E-state index contributed by atoms with van der Waals surface area (Å²) >= 11 is 1.60. The highest BCUT2D eigenvalue weighted by Crippen LogP contribution is 2.28. The zero-order valence-electron chi connectivity index (χ0n) is 16.4. The van der Waals surface area contributed by atoms with Gasteiger partial charge in [-0.25, -0.2) is 0 Å². The largest absolute Gasteiger partial charge is 0.372 e. The molecule has 3 nitrogen and oxygen atoms in total. The molecule has 0 atom stereocenters. The van der Waals surface area contributed by atoms with Crippen LogP contribution < -0.4 is 4.72 Å². The molecular formula is C24H27N3S. The van der Waals surface area contributed by atoms with Crippen molar-refractivity contribution < 1.29 is 0 Å². The van der Waals surface area contributed by atoms with Crippen molar-refractivity contribution >= 4 is 23.5 Å². The molecular weight excluding hydrogens is 362 g/mol. The Kier molecular flexibility index (Phi) is 5.87. The standard InChI is InChI=1S/C24H27N3S/c1-18-15-24(25-17-18)26-28-23-11-9-20(10-12-23)22-8-6-7-21(16-22)19(2)27-13-4-3-5-14-27/h6-12,15-16H,2-5,13-14,17H2,1H3,(H,25,26). The molecule has 2 aliphatic rings. The Labute approximate surface area is 172 Å². The van der Waals surface area contributed by atoms with Gasteiger partial charge in [0.1, 0.15) is 5.84 Å². The van der Waals surface area contributed by atoms with Gasteiger partial charge in [-0.2, -0.15) is 0 Å². The summed E-state index contributed by atoms with van der Waals surface area (Å²) in [7, 11) is 0. The van der Waals surface area contributed by atoms with Crippen molar-refractivity contribution in [3.8, 4) is 11.1 Å². The molecule has 0 radical (unpaired) electrons. The number of amidine groups is 1. The first-order valence-electron chi connectivity index (χ1n) is 9.98. The van der Waals surface area contributed by atoms with E-state index in [1.807, 2.05) is 0 Å². The molecule has 2 aromatic rings. The number of hydrogen-bond donors (Lipinski definition) is 1. The second-order valence-corrected chi connectivity index (χ2v) is 8.38. The molecule has 0 saturated carbocycles. The first-order valence-corrected chi connectivity index (χ1v) is 10.8. The lowest BCUT2D eigenvalue weighted by Gasteiger charge is -2.30. The third-order valence-corrected chi connectivity index (χ3v) is 6.10. The van der Waals surface area contributed by atoms with E-state index in [1.165, 1.54) is 46.4 Å². The van der Waals surface area contributed by atoms with Crippen LogP contribution in [0.3, 0.4) is 0 Å². The minimum atomic E-state index is 0.806. The normalized spacial score (nSPS) is 16.5. The van der Waals surface area contributed by atoms with Crippen LogP contribution in [0.1, 0.15) is 31.7 Å². The van der Waals surface area contributed by atoms with Gasteiger partial charge >= 0.3 is 0 Å². The minimum absolute atomic E-state index is 0.806. The summed E-state index contributed by atoms with van der Waals surface area (Å²) in [5.74, 6) is 0.954. The highest BCUT2D eigenvalue weighted by atomic mass is 32.2. The Morgan fingerprint density at radius 1 is 1.04 bits per heavy atom. The van der Waals surface area contributed by atoms with E-state index in [-0.39, 0.29) is 0 Å². The molecule has 144 valence electrons. The number of piperidine rings is 1. The smallest absolute Gasteiger partial charge is 0.131 e. The van der Waals surface area contributed by atoms with Crippen LogP contribution >= 0.6 is 11.9 Å². The van der Waals surface area contributed by atoms with Crippen LogP contribution in [0.15, 0.2) is 76.6 Å². The lowest BCUT2D eigenvalue weighted by molar-refractivity contribution is 0.326. The Morgan fingerprint density at radius 3 is 2.54 bits per heavy atom. The van der Waals surface area contributed by atoms with Gasteiger partial charge in [0.05, 0.1) is 6.54 Å². The van der Waals surface area contributed by atoms with E-state index in [4.69, 9.17) is 0 Å². The SMILES string of the molecule is C=C(c1cccc(-c2ccc(SNC3=NCC(C)=C3)cc2)c1)N1CCCCC1. The fourth-order valence-corrected chi connectivity index (χ4v) is 4.27. The monoisotopic (exact) mass is 389 g/mol. The van der Waals surface area contributed by atoms with Crippen LogP contribution in [0.5, 0.6) is 0 Å². The number of rotatable bonds is 5. The number of aliphatic imine (C=N–C) groups is 1. The van der Waals surface area contributed by atoms with Gasteiger partial charge in [0.25, 0.3) is 0 Å². The summed E-state index contributed by atoms with van der Waals surface area (Å²) in [5, 5.41) is 0. The van der Waals surface area contributed by atoms with Crippen molar-refractivity contribution in [1.29, 1.82) is 0 Å². The molecule has 1 N–H and O–H groups in total. The molecule has 4 rings (SSSR count). The van der Waals surface area contributed by atoms with Crippen LogP contribution in [0.25, 0.3) is 16.8 Å². The molecule has 4 heteroatoms. The van der Waals surface area contributed by atoms with Crippen molar-refractivity contribution in [2.75, 3.05) is 19.6 Å². The molecule has 0 aromatic heterocycles. The minimum Gasteiger partial charge on any atom is -0.372 e.